The molecule has 1 aliphatic heterocycles. The Morgan fingerprint density at radius 3 is 2.67 bits per heavy atom. The number of hydrogen-bond donors (Lipinski definition) is 3. The highest BCUT2D eigenvalue weighted by Gasteiger charge is 2.43. The quantitative estimate of drug-likeness (QED) is 0.703. The average Bonchev–Trinajstić information content (AvgIpc) is 3.38. The number of halogens is 1. The fourth-order valence-corrected chi connectivity index (χ4v) is 4.81. The van der Waals surface area contributed by atoms with Gasteiger partial charge in [0.05, 0.1) is 13.1 Å². The number of carbonyl (C=O) groups excluding carboxylic acids is 2. The highest BCUT2D eigenvalue weighted by molar-refractivity contribution is 7.10. The minimum Gasteiger partial charge on any atom is -0.342 e. The summed E-state index contributed by atoms with van der Waals surface area (Å²) < 4.78 is 12.9. The Hall–Kier alpha value is -2.25. The van der Waals surface area contributed by atoms with E-state index < -0.39 is 0 Å². The fourth-order valence-electron chi connectivity index (χ4n) is 3.88. The van der Waals surface area contributed by atoms with Crippen LogP contribution in [0.2, 0.25) is 0 Å². The molecule has 7 heteroatoms. The second kappa shape index (κ2) is 7.78. The molecule has 1 fully saturated rings. The van der Waals surface area contributed by atoms with Crippen molar-refractivity contribution in [1.82, 2.24) is 5.32 Å². The summed E-state index contributed by atoms with van der Waals surface area (Å²) in [6.45, 7) is 1.27. The minimum absolute atomic E-state index is 0.0821. The number of hydrogen-bond acceptors (Lipinski definition) is 3. The lowest BCUT2D eigenvalue weighted by molar-refractivity contribution is -0.928. The third-order valence-corrected chi connectivity index (χ3v) is 6.28. The van der Waals surface area contributed by atoms with E-state index in [9.17, 15) is 14.0 Å². The zero-order valence-electron chi connectivity index (χ0n) is 15.0. The van der Waals surface area contributed by atoms with Crippen molar-refractivity contribution in [3.8, 4) is 0 Å². The molecular weight excluding hydrogens is 365 g/mol. The van der Waals surface area contributed by atoms with Gasteiger partial charge in [-0.1, -0.05) is 0 Å². The van der Waals surface area contributed by atoms with E-state index in [0.717, 1.165) is 13.0 Å². The number of carbonyl (C=O) groups is 2. The lowest BCUT2D eigenvalue weighted by Gasteiger charge is -2.32. The first kappa shape index (κ1) is 18.1. The molecule has 2 amide bonds. The summed E-state index contributed by atoms with van der Waals surface area (Å²) in [4.78, 5) is 27.1. The number of amides is 2. The van der Waals surface area contributed by atoms with Crippen LogP contribution in [0.4, 0.5) is 10.1 Å². The van der Waals surface area contributed by atoms with Gasteiger partial charge < -0.3 is 15.5 Å². The van der Waals surface area contributed by atoms with E-state index in [-0.39, 0.29) is 24.2 Å². The lowest BCUT2D eigenvalue weighted by Crippen LogP contribution is -3.14. The minimum atomic E-state index is -0.357. The first-order chi connectivity index (χ1) is 13.1. The number of benzene rings is 1. The molecule has 2 heterocycles. The zero-order chi connectivity index (χ0) is 18.8. The zero-order valence-corrected chi connectivity index (χ0v) is 15.8. The van der Waals surface area contributed by atoms with E-state index in [1.54, 1.807) is 0 Å². The van der Waals surface area contributed by atoms with Gasteiger partial charge in [-0.15, -0.1) is 11.3 Å². The molecule has 0 saturated heterocycles. The summed E-state index contributed by atoms with van der Waals surface area (Å²) in [5.74, 6) is -0.0981. The summed E-state index contributed by atoms with van der Waals surface area (Å²) in [5, 5.41) is 7.52. The second-order valence-electron chi connectivity index (χ2n) is 7.28. The molecule has 2 aliphatic rings. The van der Waals surface area contributed by atoms with E-state index in [1.165, 1.54) is 52.4 Å². The summed E-state index contributed by atoms with van der Waals surface area (Å²) >= 11 is 1.82. The molecule has 27 heavy (non-hydrogen) atoms. The van der Waals surface area contributed by atoms with Gasteiger partial charge in [0.2, 0.25) is 5.91 Å². The smallest absolute Gasteiger partial charge is 0.275 e. The van der Waals surface area contributed by atoms with Crippen molar-refractivity contribution in [3.63, 3.8) is 0 Å². The molecular formula is C20H23FN3O2S+. The van der Waals surface area contributed by atoms with Crippen molar-refractivity contribution in [3.05, 3.63) is 52.0 Å². The van der Waals surface area contributed by atoms with Crippen LogP contribution in [0, 0.1) is 11.7 Å². The van der Waals surface area contributed by atoms with Crippen LogP contribution in [-0.4, -0.2) is 31.4 Å². The monoisotopic (exact) mass is 388 g/mol. The van der Waals surface area contributed by atoms with E-state index in [1.807, 2.05) is 11.3 Å². The van der Waals surface area contributed by atoms with Crippen molar-refractivity contribution in [1.29, 1.82) is 0 Å². The van der Waals surface area contributed by atoms with Crippen LogP contribution >= 0.6 is 11.3 Å². The molecule has 2 atom stereocenters. The average molecular weight is 388 g/mol. The second-order valence-corrected chi connectivity index (χ2v) is 8.28. The maximum absolute atomic E-state index is 12.9. The van der Waals surface area contributed by atoms with Crippen LogP contribution in [0.1, 0.15) is 29.3 Å². The van der Waals surface area contributed by atoms with Gasteiger partial charge in [-0.2, -0.15) is 0 Å². The molecule has 0 bridgehead atoms. The molecule has 5 nitrogen and oxygen atoms in total. The normalized spacial score (nSPS) is 21.4. The molecule has 142 valence electrons. The van der Waals surface area contributed by atoms with Crippen LogP contribution in [0.5, 0.6) is 0 Å². The molecule has 1 aromatic carbocycles. The van der Waals surface area contributed by atoms with Gasteiger partial charge >= 0.3 is 0 Å². The molecule has 1 saturated carbocycles. The van der Waals surface area contributed by atoms with E-state index in [0.29, 0.717) is 24.2 Å². The third-order valence-electron chi connectivity index (χ3n) is 5.28. The van der Waals surface area contributed by atoms with E-state index in [2.05, 4.69) is 22.1 Å². The number of fused-ring (bicyclic) bond motifs is 1. The maximum atomic E-state index is 12.9. The van der Waals surface area contributed by atoms with E-state index >= 15 is 0 Å². The van der Waals surface area contributed by atoms with Crippen LogP contribution in [0.15, 0.2) is 35.7 Å². The lowest BCUT2D eigenvalue weighted by atomic mass is 9.96. The van der Waals surface area contributed by atoms with Crippen LogP contribution in [-0.2, 0) is 16.0 Å². The van der Waals surface area contributed by atoms with Crippen molar-refractivity contribution in [2.75, 3.05) is 25.0 Å². The standard InChI is InChI=1S/C20H22FN3O2S/c21-14-3-5-15(6-4-14)23-18(25)11-22-19(26)12-24-9-7-17-16(8-10-27-17)20(24)13-1-2-13/h3-6,8,10,13,20H,1-2,7,9,11-12H2,(H,22,26)(H,23,25)/p+1/t20-/m0/s1. The Balaban J connectivity index is 1.29. The first-order valence-corrected chi connectivity index (χ1v) is 10.2. The third kappa shape index (κ3) is 4.36. The van der Waals surface area contributed by atoms with Crippen molar-refractivity contribution >= 4 is 28.8 Å². The molecule has 0 radical (unpaired) electrons. The molecule has 1 aliphatic carbocycles. The Labute approximate surface area is 161 Å². The van der Waals surface area contributed by atoms with Gasteiger partial charge in [0, 0.05) is 28.5 Å². The molecule has 4 rings (SSSR count). The van der Waals surface area contributed by atoms with Gasteiger partial charge in [0.1, 0.15) is 11.9 Å². The Morgan fingerprint density at radius 1 is 1.15 bits per heavy atom. The predicted molar refractivity (Wildman–Crippen MR) is 102 cm³/mol. The molecule has 2 aromatic rings. The largest absolute Gasteiger partial charge is 0.342 e. The molecule has 0 spiro atoms. The number of nitrogens with one attached hydrogen (secondary N) is 3. The number of anilines is 1. The van der Waals surface area contributed by atoms with Gasteiger partial charge in [-0.25, -0.2) is 4.39 Å². The Bertz CT molecular complexity index is 832. The van der Waals surface area contributed by atoms with Crippen LogP contribution in [0.3, 0.4) is 0 Å². The topological polar surface area (TPSA) is 62.6 Å². The molecule has 3 N–H and O–H groups in total. The summed E-state index contributed by atoms with van der Waals surface area (Å²) in [5.41, 5.74) is 1.93. The van der Waals surface area contributed by atoms with Crippen molar-refractivity contribution in [2.45, 2.75) is 25.3 Å². The molecule has 1 aromatic heterocycles. The van der Waals surface area contributed by atoms with Gasteiger partial charge in [0.15, 0.2) is 6.54 Å². The van der Waals surface area contributed by atoms with Gasteiger partial charge in [-0.05, 0) is 48.6 Å². The van der Waals surface area contributed by atoms with Crippen LogP contribution < -0.4 is 15.5 Å². The Morgan fingerprint density at radius 2 is 1.93 bits per heavy atom. The highest BCUT2D eigenvalue weighted by Crippen LogP contribution is 2.42. The van der Waals surface area contributed by atoms with Gasteiger partial charge in [-0.3, -0.25) is 9.59 Å². The summed E-state index contributed by atoms with van der Waals surface area (Å²) in [6, 6.07) is 8.18. The summed E-state index contributed by atoms with van der Waals surface area (Å²) in [6.07, 6.45) is 3.50. The van der Waals surface area contributed by atoms with Crippen molar-refractivity contribution < 1.29 is 18.9 Å². The number of rotatable bonds is 6. The number of thiophene rings is 1. The predicted octanol–water partition coefficient (Wildman–Crippen LogP) is 1.53. The van der Waals surface area contributed by atoms with Crippen molar-refractivity contribution in [2.24, 2.45) is 5.92 Å². The highest BCUT2D eigenvalue weighted by atomic mass is 32.1. The maximum Gasteiger partial charge on any atom is 0.275 e. The molecule has 1 unspecified atom stereocenters. The SMILES string of the molecule is O=C(C[NH+]1CCc2sccc2[C@@H]1C1CC1)NCC(=O)Nc1ccc(F)cc1. The fraction of sp³-hybridized carbons (Fsp3) is 0.400. The summed E-state index contributed by atoms with van der Waals surface area (Å²) in [7, 11) is 0. The van der Waals surface area contributed by atoms with Crippen LogP contribution in [0.25, 0.3) is 0 Å². The van der Waals surface area contributed by atoms with E-state index in [4.69, 9.17) is 0 Å². The number of quaternary nitrogens is 1. The Kier molecular flexibility index (Phi) is 5.22. The van der Waals surface area contributed by atoms with Gasteiger partial charge in [0.25, 0.3) is 5.91 Å². The first-order valence-electron chi connectivity index (χ1n) is 9.33.